The number of carbonyl (C=O) groups excluding carboxylic acids is 1. The predicted octanol–water partition coefficient (Wildman–Crippen LogP) is 3.10. The van der Waals surface area contributed by atoms with Crippen LogP contribution in [0.25, 0.3) is 0 Å². The van der Waals surface area contributed by atoms with Crippen molar-refractivity contribution in [1.82, 2.24) is 9.88 Å². The smallest absolute Gasteiger partial charge is 0.308 e. The summed E-state index contributed by atoms with van der Waals surface area (Å²) >= 11 is 1.62. The van der Waals surface area contributed by atoms with Crippen molar-refractivity contribution in [2.75, 3.05) is 13.1 Å². The fourth-order valence-corrected chi connectivity index (χ4v) is 4.04. The van der Waals surface area contributed by atoms with Crippen LogP contribution >= 0.6 is 11.3 Å². The molecular formula is C19H22N2O3S. The highest BCUT2D eigenvalue weighted by Gasteiger charge is 2.40. The molecule has 1 amide bonds. The molecule has 0 saturated carbocycles. The first-order valence-corrected chi connectivity index (χ1v) is 9.39. The van der Waals surface area contributed by atoms with E-state index in [-0.39, 0.29) is 11.8 Å². The molecule has 0 bridgehead atoms. The second-order valence-electron chi connectivity index (χ2n) is 6.47. The van der Waals surface area contributed by atoms with Crippen molar-refractivity contribution in [1.29, 1.82) is 0 Å². The second kappa shape index (κ2) is 7.78. The molecule has 2 aromatic rings. The molecule has 2 heterocycles. The highest BCUT2D eigenvalue weighted by Crippen LogP contribution is 2.33. The van der Waals surface area contributed by atoms with Gasteiger partial charge in [0.15, 0.2) is 0 Å². The van der Waals surface area contributed by atoms with E-state index in [1.807, 2.05) is 42.6 Å². The molecule has 2 unspecified atom stereocenters. The van der Waals surface area contributed by atoms with Crippen LogP contribution < -0.4 is 0 Å². The van der Waals surface area contributed by atoms with E-state index < -0.39 is 11.9 Å². The summed E-state index contributed by atoms with van der Waals surface area (Å²) in [5, 5.41) is 12.6. The number of benzene rings is 1. The molecule has 1 fully saturated rings. The van der Waals surface area contributed by atoms with Gasteiger partial charge >= 0.3 is 5.97 Å². The minimum atomic E-state index is -0.831. The summed E-state index contributed by atoms with van der Waals surface area (Å²) in [7, 11) is 0. The van der Waals surface area contributed by atoms with Gasteiger partial charge in [0.1, 0.15) is 0 Å². The molecule has 132 valence electrons. The highest BCUT2D eigenvalue weighted by molar-refractivity contribution is 7.09. The maximum absolute atomic E-state index is 12.5. The Morgan fingerprint density at radius 3 is 2.68 bits per heavy atom. The number of likely N-dealkylation sites (tertiary alicyclic amines) is 1. The molecule has 1 aliphatic rings. The number of carboxylic acids is 1. The number of hydrogen-bond acceptors (Lipinski definition) is 4. The molecule has 2 atom stereocenters. The van der Waals surface area contributed by atoms with Gasteiger partial charge in [-0.15, -0.1) is 11.3 Å². The van der Waals surface area contributed by atoms with Crippen LogP contribution in [-0.2, 0) is 16.0 Å². The molecule has 0 aliphatic carbocycles. The Hall–Kier alpha value is -2.21. The maximum Gasteiger partial charge on any atom is 0.308 e. The minimum absolute atomic E-state index is 0.0385. The van der Waals surface area contributed by atoms with Crippen LogP contribution in [0.15, 0.2) is 35.7 Å². The first-order valence-electron chi connectivity index (χ1n) is 8.51. The third-order valence-electron chi connectivity index (χ3n) is 4.71. The third kappa shape index (κ3) is 4.25. The lowest BCUT2D eigenvalue weighted by molar-refractivity contribution is -0.141. The Morgan fingerprint density at radius 2 is 2.04 bits per heavy atom. The number of hydrogen-bond donors (Lipinski definition) is 1. The molecule has 3 rings (SSSR count). The molecule has 1 saturated heterocycles. The van der Waals surface area contributed by atoms with Crippen molar-refractivity contribution in [2.45, 2.75) is 32.1 Å². The van der Waals surface area contributed by atoms with Gasteiger partial charge in [0.2, 0.25) is 5.91 Å². The molecule has 0 spiro atoms. The Kier molecular flexibility index (Phi) is 5.48. The van der Waals surface area contributed by atoms with Gasteiger partial charge in [0, 0.05) is 30.8 Å². The number of rotatable bonds is 6. The lowest BCUT2D eigenvalue weighted by atomic mass is 9.89. The Bertz CT molecular complexity index is 744. The fraction of sp³-hybridized carbons (Fsp3) is 0.421. The van der Waals surface area contributed by atoms with Crippen LogP contribution in [0.3, 0.4) is 0 Å². The van der Waals surface area contributed by atoms with Gasteiger partial charge in [0.25, 0.3) is 0 Å². The van der Waals surface area contributed by atoms with Crippen LogP contribution in [0.4, 0.5) is 0 Å². The summed E-state index contributed by atoms with van der Waals surface area (Å²) < 4.78 is 0. The summed E-state index contributed by atoms with van der Waals surface area (Å²) in [5.74, 6) is -1.46. The van der Waals surface area contributed by atoms with Gasteiger partial charge in [-0.2, -0.15) is 0 Å². The van der Waals surface area contributed by atoms with E-state index in [2.05, 4.69) is 4.98 Å². The molecule has 0 radical (unpaired) electrons. The summed E-state index contributed by atoms with van der Waals surface area (Å²) in [6.07, 6.45) is 1.96. The molecule has 1 aromatic heterocycles. The molecule has 1 aliphatic heterocycles. The molecule has 1 aromatic carbocycles. The first-order chi connectivity index (χ1) is 12.0. The lowest BCUT2D eigenvalue weighted by Gasteiger charge is -2.16. The van der Waals surface area contributed by atoms with Crippen LogP contribution in [0, 0.1) is 12.8 Å². The van der Waals surface area contributed by atoms with Crippen LogP contribution in [0.2, 0.25) is 0 Å². The van der Waals surface area contributed by atoms with E-state index in [0.29, 0.717) is 19.5 Å². The number of thiazole rings is 1. The number of carboxylic acid groups (broad SMARTS) is 1. The van der Waals surface area contributed by atoms with E-state index >= 15 is 0 Å². The standard InChI is InChI=1S/C19H22N2O3S/c1-13-20-15(12-25-13)8-5-9-18(22)21-10-16(17(11-21)19(23)24)14-6-3-2-4-7-14/h2-4,6-7,12,16-17H,5,8-11H2,1H3,(H,23,24). The van der Waals surface area contributed by atoms with Gasteiger partial charge in [0.05, 0.1) is 16.6 Å². The largest absolute Gasteiger partial charge is 0.481 e. The van der Waals surface area contributed by atoms with Crippen molar-refractivity contribution in [3.05, 3.63) is 52.0 Å². The second-order valence-corrected chi connectivity index (χ2v) is 7.53. The SMILES string of the molecule is Cc1nc(CCCC(=O)N2CC(C(=O)O)C(c3ccccc3)C2)cs1. The average molecular weight is 358 g/mol. The summed E-state index contributed by atoms with van der Waals surface area (Å²) in [4.78, 5) is 30.2. The number of aliphatic carboxylic acids is 1. The normalized spacial score (nSPS) is 20.0. The Morgan fingerprint density at radius 1 is 1.28 bits per heavy atom. The topological polar surface area (TPSA) is 70.5 Å². The molecule has 1 N–H and O–H groups in total. The average Bonchev–Trinajstić information content (AvgIpc) is 3.22. The Labute approximate surface area is 151 Å². The van der Waals surface area contributed by atoms with Crippen molar-refractivity contribution in [3.8, 4) is 0 Å². The van der Waals surface area contributed by atoms with Crippen LogP contribution in [-0.4, -0.2) is 40.0 Å². The first kappa shape index (κ1) is 17.6. The Balaban J connectivity index is 1.58. The van der Waals surface area contributed by atoms with Crippen molar-refractivity contribution < 1.29 is 14.7 Å². The number of nitrogens with zero attached hydrogens (tertiary/aromatic N) is 2. The predicted molar refractivity (Wildman–Crippen MR) is 96.7 cm³/mol. The molecule has 25 heavy (non-hydrogen) atoms. The highest BCUT2D eigenvalue weighted by atomic mass is 32.1. The summed E-state index contributed by atoms with van der Waals surface area (Å²) in [6, 6.07) is 9.62. The fourth-order valence-electron chi connectivity index (χ4n) is 3.40. The minimum Gasteiger partial charge on any atom is -0.481 e. The molecule has 5 nitrogen and oxygen atoms in total. The quantitative estimate of drug-likeness (QED) is 0.861. The van der Waals surface area contributed by atoms with E-state index in [0.717, 1.165) is 29.1 Å². The van der Waals surface area contributed by atoms with Crippen molar-refractivity contribution in [2.24, 2.45) is 5.92 Å². The number of aromatic nitrogens is 1. The van der Waals surface area contributed by atoms with Gasteiger partial charge in [-0.25, -0.2) is 4.98 Å². The molecule has 6 heteroatoms. The summed E-state index contributed by atoms with van der Waals surface area (Å²) in [6.45, 7) is 2.75. The van der Waals surface area contributed by atoms with Gasteiger partial charge in [-0.1, -0.05) is 30.3 Å². The zero-order valence-electron chi connectivity index (χ0n) is 14.2. The monoisotopic (exact) mass is 358 g/mol. The van der Waals surface area contributed by atoms with Crippen molar-refractivity contribution >= 4 is 23.2 Å². The zero-order chi connectivity index (χ0) is 17.8. The third-order valence-corrected chi connectivity index (χ3v) is 5.53. The number of carbonyl (C=O) groups is 2. The van der Waals surface area contributed by atoms with Gasteiger partial charge in [-0.3, -0.25) is 9.59 Å². The van der Waals surface area contributed by atoms with E-state index in [9.17, 15) is 14.7 Å². The maximum atomic E-state index is 12.5. The lowest BCUT2D eigenvalue weighted by Crippen LogP contribution is -2.29. The van der Waals surface area contributed by atoms with Gasteiger partial charge < -0.3 is 10.0 Å². The van der Waals surface area contributed by atoms with E-state index in [1.54, 1.807) is 16.2 Å². The zero-order valence-corrected chi connectivity index (χ0v) is 15.0. The van der Waals surface area contributed by atoms with Crippen LogP contribution in [0.5, 0.6) is 0 Å². The van der Waals surface area contributed by atoms with E-state index in [4.69, 9.17) is 0 Å². The molecular weight excluding hydrogens is 336 g/mol. The van der Waals surface area contributed by atoms with Crippen molar-refractivity contribution in [3.63, 3.8) is 0 Å². The summed E-state index contributed by atoms with van der Waals surface area (Å²) in [5.41, 5.74) is 2.02. The van der Waals surface area contributed by atoms with Gasteiger partial charge in [-0.05, 0) is 25.3 Å². The number of amides is 1. The van der Waals surface area contributed by atoms with Crippen LogP contribution in [0.1, 0.15) is 35.0 Å². The number of aryl methyl sites for hydroxylation is 2. The van der Waals surface area contributed by atoms with E-state index in [1.165, 1.54) is 0 Å².